The molecule has 0 bridgehead atoms. The second-order valence-corrected chi connectivity index (χ2v) is 4.01. The quantitative estimate of drug-likeness (QED) is 0.821. The van der Waals surface area contributed by atoms with Crippen molar-refractivity contribution in [2.24, 2.45) is 5.73 Å². The van der Waals surface area contributed by atoms with Gasteiger partial charge in [-0.25, -0.2) is 0 Å². The lowest BCUT2D eigenvalue weighted by atomic mass is 9.79. The van der Waals surface area contributed by atoms with Crippen molar-refractivity contribution >= 4 is 5.78 Å². The third kappa shape index (κ3) is 1.74. The second kappa shape index (κ2) is 4.10. The van der Waals surface area contributed by atoms with E-state index in [9.17, 15) is 4.79 Å². The van der Waals surface area contributed by atoms with E-state index in [1.165, 1.54) is 0 Å². The van der Waals surface area contributed by atoms with Gasteiger partial charge in [-0.1, -0.05) is 18.2 Å². The smallest absolute Gasteiger partial charge is 0.179 e. The first-order chi connectivity index (χ1) is 7.66. The van der Waals surface area contributed by atoms with Crippen LogP contribution in [0.25, 0.3) is 0 Å². The molecule has 0 unspecified atom stereocenters. The molecule has 0 heterocycles. The predicted octanol–water partition coefficient (Wildman–Crippen LogP) is 1.77. The third-order valence-electron chi connectivity index (χ3n) is 3.02. The Morgan fingerprint density at radius 3 is 2.56 bits per heavy atom. The lowest BCUT2D eigenvalue weighted by Gasteiger charge is -2.29. The molecule has 2 rings (SSSR count). The second-order valence-electron chi connectivity index (χ2n) is 4.01. The van der Waals surface area contributed by atoms with Gasteiger partial charge in [-0.05, 0) is 36.6 Å². The van der Waals surface area contributed by atoms with Crippen molar-refractivity contribution in [3.8, 4) is 5.75 Å². The highest BCUT2D eigenvalue weighted by Crippen LogP contribution is 2.29. The minimum Gasteiger partial charge on any atom is -0.497 e. The van der Waals surface area contributed by atoms with Gasteiger partial charge in [0, 0.05) is 0 Å². The van der Waals surface area contributed by atoms with E-state index in [4.69, 9.17) is 10.5 Å². The van der Waals surface area contributed by atoms with Crippen molar-refractivity contribution in [2.75, 3.05) is 7.11 Å². The van der Waals surface area contributed by atoms with E-state index in [1.54, 1.807) is 13.2 Å². The van der Waals surface area contributed by atoms with Gasteiger partial charge in [0.25, 0.3) is 0 Å². The molecule has 1 aromatic carbocycles. The van der Waals surface area contributed by atoms with E-state index in [1.807, 2.05) is 30.3 Å². The number of ketones is 1. The van der Waals surface area contributed by atoms with E-state index in [2.05, 4.69) is 0 Å². The lowest BCUT2D eigenvalue weighted by molar-refractivity contribution is -0.120. The van der Waals surface area contributed by atoms with Crippen LogP contribution < -0.4 is 10.5 Å². The highest BCUT2D eigenvalue weighted by atomic mass is 16.5. The third-order valence-corrected chi connectivity index (χ3v) is 3.02. The molecule has 1 atom stereocenters. The minimum atomic E-state index is -0.860. The van der Waals surface area contributed by atoms with Crippen molar-refractivity contribution in [1.29, 1.82) is 0 Å². The molecule has 0 saturated carbocycles. The number of carbonyl (C=O) groups excluding carboxylic acids is 1. The average molecular weight is 217 g/mol. The van der Waals surface area contributed by atoms with Crippen LogP contribution in [0.3, 0.4) is 0 Å². The van der Waals surface area contributed by atoms with Gasteiger partial charge in [0.15, 0.2) is 5.78 Å². The Bertz CT molecular complexity index is 422. The molecule has 0 fully saturated rings. The monoisotopic (exact) mass is 217 g/mol. The van der Waals surface area contributed by atoms with Gasteiger partial charge >= 0.3 is 0 Å². The van der Waals surface area contributed by atoms with Crippen molar-refractivity contribution in [3.63, 3.8) is 0 Å². The maximum Gasteiger partial charge on any atom is 0.179 e. The summed E-state index contributed by atoms with van der Waals surface area (Å²) < 4.78 is 5.08. The molecule has 0 aliphatic heterocycles. The minimum absolute atomic E-state index is 0.0242. The first-order valence-corrected chi connectivity index (χ1v) is 5.31. The normalized spacial score (nSPS) is 24.5. The molecule has 2 N–H and O–H groups in total. The molecule has 0 radical (unpaired) electrons. The average Bonchev–Trinajstić information content (AvgIpc) is 2.33. The summed E-state index contributed by atoms with van der Waals surface area (Å²) in [6, 6.07) is 7.37. The Labute approximate surface area is 94.9 Å². The molecule has 0 aromatic heterocycles. The van der Waals surface area contributed by atoms with E-state index in [0.29, 0.717) is 6.42 Å². The SMILES string of the molecule is COc1ccc([C@@]2(N)CCC=CC2=O)cc1. The number of benzene rings is 1. The maximum atomic E-state index is 11.8. The summed E-state index contributed by atoms with van der Waals surface area (Å²) in [6.07, 6.45) is 4.95. The first-order valence-electron chi connectivity index (χ1n) is 5.31. The van der Waals surface area contributed by atoms with Crippen molar-refractivity contribution < 1.29 is 9.53 Å². The number of nitrogens with two attached hydrogens (primary N) is 1. The van der Waals surface area contributed by atoms with Crippen molar-refractivity contribution in [1.82, 2.24) is 0 Å². The van der Waals surface area contributed by atoms with Crippen LogP contribution in [0.2, 0.25) is 0 Å². The van der Waals surface area contributed by atoms with Crippen LogP contribution in [0.15, 0.2) is 36.4 Å². The lowest BCUT2D eigenvalue weighted by Crippen LogP contribution is -2.45. The number of carbonyl (C=O) groups is 1. The molecule has 84 valence electrons. The summed E-state index contributed by atoms with van der Waals surface area (Å²) in [5.41, 5.74) is 6.16. The summed E-state index contributed by atoms with van der Waals surface area (Å²) in [5.74, 6) is 0.745. The summed E-state index contributed by atoms with van der Waals surface area (Å²) >= 11 is 0. The number of ether oxygens (including phenoxy) is 1. The zero-order chi connectivity index (χ0) is 11.6. The van der Waals surface area contributed by atoms with Crippen LogP contribution in [0.1, 0.15) is 18.4 Å². The van der Waals surface area contributed by atoms with E-state index in [-0.39, 0.29) is 5.78 Å². The summed E-state index contributed by atoms with van der Waals surface area (Å²) in [5, 5.41) is 0. The molecule has 16 heavy (non-hydrogen) atoms. The molecular weight excluding hydrogens is 202 g/mol. The topological polar surface area (TPSA) is 52.3 Å². The predicted molar refractivity (Wildman–Crippen MR) is 62.2 cm³/mol. The van der Waals surface area contributed by atoms with Crippen molar-refractivity contribution in [3.05, 3.63) is 42.0 Å². The summed E-state index contributed by atoms with van der Waals surface area (Å²) in [7, 11) is 1.61. The Hall–Kier alpha value is -1.61. The molecule has 3 heteroatoms. The Morgan fingerprint density at radius 1 is 1.31 bits per heavy atom. The number of hydrogen-bond donors (Lipinski definition) is 1. The zero-order valence-corrected chi connectivity index (χ0v) is 9.27. The summed E-state index contributed by atoms with van der Waals surface area (Å²) in [6.45, 7) is 0. The van der Waals surface area contributed by atoms with Crippen LogP contribution in [-0.4, -0.2) is 12.9 Å². The Morgan fingerprint density at radius 2 is 2.00 bits per heavy atom. The van der Waals surface area contributed by atoms with Gasteiger partial charge in [0.2, 0.25) is 0 Å². The fraction of sp³-hybridized carbons (Fsp3) is 0.308. The van der Waals surface area contributed by atoms with Crippen LogP contribution in [0.5, 0.6) is 5.75 Å². The highest BCUT2D eigenvalue weighted by Gasteiger charge is 2.35. The highest BCUT2D eigenvalue weighted by molar-refractivity contribution is 5.99. The molecule has 1 aliphatic rings. The first kappa shape index (κ1) is 10.9. The molecule has 3 nitrogen and oxygen atoms in total. The van der Waals surface area contributed by atoms with Crippen LogP contribution >= 0.6 is 0 Å². The van der Waals surface area contributed by atoms with Gasteiger partial charge in [-0.3, -0.25) is 4.79 Å². The fourth-order valence-electron chi connectivity index (χ4n) is 1.95. The van der Waals surface area contributed by atoms with Crippen LogP contribution in [0.4, 0.5) is 0 Å². The largest absolute Gasteiger partial charge is 0.497 e. The van der Waals surface area contributed by atoms with Gasteiger partial charge < -0.3 is 10.5 Å². The van der Waals surface area contributed by atoms with E-state index < -0.39 is 5.54 Å². The zero-order valence-electron chi connectivity index (χ0n) is 9.27. The van der Waals surface area contributed by atoms with Crippen LogP contribution in [0, 0.1) is 0 Å². The van der Waals surface area contributed by atoms with Crippen LogP contribution in [-0.2, 0) is 10.3 Å². The molecule has 1 aliphatic carbocycles. The number of hydrogen-bond acceptors (Lipinski definition) is 3. The number of methoxy groups -OCH3 is 1. The van der Waals surface area contributed by atoms with E-state index in [0.717, 1.165) is 17.7 Å². The number of rotatable bonds is 2. The van der Waals surface area contributed by atoms with Gasteiger partial charge in [-0.2, -0.15) is 0 Å². The standard InChI is InChI=1S/C13H15NO2/c1-16-11-7-5-10(6-8-11)13(14)9-3-2-4-12(13)15/h2,4-8H,3,9,14H2,1H3/t13-/m0/s1. The van der Waals surface area contributed by atoms with Gasteiger partial charge in [0.05, 0.1) is 7.11 Å². The fourth-order valence-corrected chi connectivity index (χ4v) is 1.95. The van der Waals surface area contributed by atoms with Gasteiger partial charge in [-0.15, -0.1) is 0 Å². The molecule has 0 saturated heterocycles. The molecular formula is C13H15NO2. The molecule has 1 aromatic rings. The number of allylic oxidation sites excluding steroid dienone is 1. The Balaban J connectivity index is 2.35. The summed E-state index contributed by atoms with van der Waals surface area (Å²) in [4.78, 5) is 11.8. The van der Waals surface area contributed by atoms with E-state index >= 15 is 0 Å². The van der Waals surface area contributed by atoms with Gasteiger partial charge in [0.1, 0.15) is 11.3 Å². The van der Waals surface area contributed by atoms with Crippen molar-refractivity contribution in [2.45, 2.75) is 18.4 Å². The maximum absolute atomic E-state index is 11.8. The molecule has 0 amide bonds. The Kier molecular flexibility index (Phi) is 2.79. The molecule has 0 spiro atoms.